The molecule has 0 aliphatic rings. The number of aliphatic hydroxyl groups excluding tert-OH is 1. The maximum absolute atomic E-state index is 10.1. The summed E-state index contributed by atoms with van der Waals surface area (Å²) in [5.41, 5.74) is 0. The Kier molecular flexibility index (Phi) is 34.2. The minimum atomic E-state index is 0.360. The Balaban J connectivity index is 0. The van der Waals surface area contributed by atoms with Crippen LogP contribution in [0.5, 0.6) is 0 Å². The molecule has 0 bridgehead atoms. The van der Waals surface area contributed by atoms with Crippen LogP contribution in [0, 0.1) is 0 Å². The number of allylic oxidation sites excluding steroid dienone is 4. The number of rotatable bonds is 22. The van der Waals surface area contributed by atoms with E-state index in [0.29, 0.717) is 6.61 Å². The van der Waals surface area contributed by atoms with E-state index >= 15 is 0 Å². The van der Waals surface area contributed by atoms with Gasteiger partial charge in [0.05, 0.1) is 0 Å². The third-order valence-corrected chi connectivity index (χ3v) is 5.25. The second-order valence-corrected chi connectivity index (χ2v) is 8.35. The Labute approximate surface area is 189 Å². The zero-order valence-corrected chi connectivity index (χ0v) is 20.6. The monoisotopic (exact) mass is 422 g/mol. The maximum Gasteiger partial charge on any atom is 0.119 e. The van der Waals surface area contributed by atoms with Gasteiger partial charge < -0.3 is 9.90 Å². The van der Waals surface area contributed by atoms with E-state index < -0.39 is 0 Å². The van der Waals surface area contributed by atoms with E-state index in [1.807, 2.05) is 0 Å². The molecule has 0 spiro atoms. The molecule has 178 valence electrons. The summed E-state index contributed by atoms with van der Waals surface area (Å²) in [7, 11) is 0. The van der Waals surface area contributed by atoms with E-state index in [9.17, 15) is 4.79 Å². The summed E-state index contributed by atoms with van der Waals surface area (Å²) in [5, 5.41) is 8.56. The molecular formula is C28H54O2. The molecule has 1 N–H and O–H groups in total. The molecule has 0 aromatic rings. The molecule has 0 aliphatic carbocycles. The fourth-order valence-electron chi connectivity index (χ4n) is 3.32. The number of aldehydes is 1. The van der Waals surface area contributed by atoms with Crippen LogP contribution in [0.2, 0.25) is 0 Å². The van der Waals surface area contributed by atoms with Gasteiger partial charge in [0.1, 0.15) is 6.29 Å². The van der Waals surface area contributed by atoms with Crippen LogP contribution in [0.25, 0.3) is 0 Å². The zero-order chi connectivity index (χ0) is 22.4. The third kappa shape index (κ3) is 34.6. The molecule has 0 amide bonds. The molecule has 0 aromatic heterocycles. The molecule has 2 heteroatoms. The molecule has 0 aliphatic heterocycles. The molecule has 2 nitrogen and oxygen atoms in total. The highest BCUT2D eigenvalue weighted by Gasteiger charge is 1.92. The molecule has 0 saturated carbocycles. The summed E-state index contributed by atoms with van der Waals surface area (Å²) in [6.07, 6.45) is 35.1. The largest absolute Gasteiger partial charge is 0.396 e. The van der Waals surface area contributed by atoms with Crippen molar-refractivity contribution in [1.29, 1.82) is 0 Å². The SMILES string of the molecule is CC/C=C/CCCCCCCCO.CCC/C=C\CCCCCCCCCCC=O. The Morgan fingerprint density at radius 3 is 1.33 bits per heavy atom. The van der Waals surface area contributed by atoms with Crippen LogP contribution in [0.1, 0.15) is 142 Å². The third-order valence-electron chi connectivity index (χ3n) is 5.25. The number of hydrogen-bond donors (Lipinski definition) is 1. The average molecular weight is 423 g/mol. The predicted octanol–water partition coefficient (Wildman–Crippen LogP) is 9.12. The van der Waals surface area contributed by atoms with Gasteiger partial charge in [-0.25, -0.2) is 0 Å². The topological polar surface area (TPSA) is 37.3 Å². The van der Waals surface area contributed by atoms with Crippen molar-refractivity contribution in [3.63, 3.8) is 0 Å². The van der Waals surface area contributed by atoms with Gasteiger partial charge in [0, 0.05) is 13.0 Å². The number of carbonyl (C=O) groups excluding carboxylic acids is 1. The zero-order valence-electron chi connectivity index (χ0n) is 20.6. The van der Waals surface area contributed by atoms with E-state index in [4.69, 9.17) is 5.11 Å². The number of aliphatic hydroxyl groups is 1. The predicted molar refractivity (Wildman–Crippen MR) is 135 cm³/mol. The lowest BCUT2D eigenvalue weighted by Gasteiger charge is -2.00. The summed E-state index contributed by atoms with van der Waals surface area (Å²) >= 11 is 0. The molecule has 0 heterocycles. The lowest BCUT2D eigenvalue weighted by Crippen LogP contribution is -1.83. The van der Waals surface area contributed by atoms with Gasteiger partial charge in [-0.2, -0.15) is 0 Å². The van der Waals surface area contributed by atoms with Gasteiger partial charge in [0.2, 0.25) is 0 Å². The van der Waals surface area contributed by atoms with Crippen molar-refractivity contribution in [3.8, 4) is 0 Å². The first kappa shape index (κ1) is 31.3. The van der Waals surface area contributed by atoms with Crippen LogP contribution in [0.15, 0.2) is 24.3 Å². The highest BCUT2D eigenvalue weighted by Crippen LogP contribution is 2.10. The lowest BCUT2D eigenvalue weighted by molar-refractivity contribution is -0.107. The summed E-state index contributed by atoms with van der Waals surface area (Å²) in [5.74, 6) is 0. The van der Waals surface area contributed by atoms with Crippen LogP contribution >= 0.6 is 0 Å². The summed E-state index contributed by atoms with van der Waals surface area (Å²) in [6.45, 7) is 4.75. The standard InChI is InChI=1S/C16H30O.C12H24O/c1-2-3-4-5-6-7-8-9-10-11-12-13-14-15-16-17;1-2-3-4-5-6-7-8-9-10-11-12-13/h4-5,16H,2-3,6-15H2,1H3;3-4,13H,2,5-12H2,1H3/b5-4-;4-3+. The van der Waals surface area contributed by atoms with Gasteiger partial charge in [-0.3, -0.25) is 0 Å². The minimum absolute atomic E-state index is 0.360. The highest BCUT2D eigenvalue weighted by molar-refractivity contribution is 5.48. The molecule has 0 aromatic carbocycles. The molecule has 0 fully saturated rings. The number of carbonyl (C=O) groups is 1. The Morgan fingerprint density at radius 2 is 0.900 bits per heavy atom. The number of unbranched alkanes of at least 4 members (excludes halogenated alkanes) is 16. The first-order valence-electron chi connectivity index (χ1n) is 13.2. The van der Waals surface area contributed by atoms with Crippen LogP contribution in [0.3, 0.4) is 0 Å². The van der Waals surface area contributed by atoms with Gasteiger partial charge >= 0.3 is 0 Å². The Bertz CT molecular complexity index is 347. The first-order chi connectivity index (χ1) is 14.8. The molecule has 30 heavy (non-hydrogen) atoms. The van der Waals surface area contributed by atoms with Crippen molar-refractivity contribution in [2.45, 2.75) is 142 Å². The molecule has 0 rings (SSSR count). The van der Waals surface area contributed by atoms with Crippen LogP contribution in [0.4, 0.5) is 0 Å². The van der Waals surface area contributed by atoms with E-state index in [2.05, 4.69) is 38.2 Å². The van der Waals surface area contributed by atoms with Crippen LogP contribution < -0.4 is 0 Å². The molecule has 0 radical (unpaired) electrons. The van der Waals surface area contributed by atoms with Crippen LogP contribution in [-0.4, -0.2) is 18.0 Å². The smallest absolute Gasteiger partial charge is 0.119 e. The van der Waals surface area contributed by atoms with Crippen molar-refractivity contribution in [2.24, 2.45) is 0 Å². The van der Waals surface area contributed by atoms with Crippen LogP contribution in [-0.2, 0) is 4.79 Å². The van der Waals surface area contributed by atoms with Crippen molar-refractivity contribution in [2.75, 3.05) is 6.61 Å². The first-order valence-corrected chi connectivity index (χ1v) is 13.2. The second-order valence-electron chi connectivity index (χ2n) is 8.35. The summed E-state index contributed by atoms with van der Waals surface area (Å²) in [4.78, 5) is 10.1. The molecule has 0 atom stereocenters. The van der Waals surface area contributed by atoms with Crippen molar-refractivity contribution in [3.05, 3.63) is 24.3 Å². The van der Waals surface area contributed by atoms with Gasteiger partial charge in [0.25, 0.3) is 0 Å². The quantitative estimate of drug-likeness (QED) is 0.107. The molecule has 0 unspecified atom stereocenters. The molecule has 0 saturated heterocycles. The van der Waals surface area contributed by atoms with Gasteiger partial charge in [-0.05, 0) is 51.4 Å². The Hall–Kier alpha value is -0.890. The fraction of sp³-hybridized carbons (Fsp3) is 0.821. The maximum atomic E-state index is 10.1. The van der Waals surface area contributed by atoms with E-state index in [-0.39, 0.29) is 0 Å². The van der Waals surface area contributed by atoms with E-state index in [0.717, 1.165) is 32.0 Å². The van der Waals surface area contributed by atoms with E-state index in [1.165, 1.54) is 103 Å². The summed E-state index contributed by atoms with van der Waals surface area (Å²) in [6, 6.07) is 0. The average Bonchev–Trinajstić information content (AvgIpc) is 2.76. The van der Waals surface area contributed by atoms with Crippen molar-refractivity contribution >= 4 is 6.29 Å². The van der Waals surface area contributed by atoms with Gasteiger partial charge in [0.15, 0.2) is 0 Å². The van der Waals surface area contributed by atoms with Crippen molar-refractivity contribution in [1.82, 2.24) is 0 Å². The minimum Gasteiger partial charge on any atom is -0.396 e. The van der Waals surface area contributed by atoms with Gasteiger partial charge in [-0.15, -0.1) is 0 Å². The van der Waals surface area contributed by atoms with Gasteiger partial charge in [-0.1, -0.05) is 109 Å². The van der Waals surface area contributed by atoms with E-state index in [1.54, 1.807) is 0 Å². The Morgan fingerprint density at radius 1 is 0.500 bits per heavy atom. The molecular weight excluding hydrogens is 368 g/mol. The van der Waals surface area contributed by atoms with Crippen molar-refractivity contribution < 1.29 is 9.90 Å². The fourth-order valence-corrected chi connectivity index (χ4v) is 3.32. The number of hydrogen-bond acceptors (Lipinski definition) is 2. The lowest BCUT2D eigenvalue weighted by atomic mass is 10.1. The normalized spacial score (nSPS) is 11.2. The second kappa shape index (κ2) is 32.8. The summed E-state index contributed by atoms with van der Waals surface area (Å²) < 4.78 is 0. The highest BCUT2D eigenvalue weighted by atomic mass is 16.2.